The maximum Gasteiger partial charge on any atom is 0.306 e. The Morgan fingerprint density at radius 1 is 1.18 bits per heavy atom. The monoisotopic (exact) mass is 495 g/mol. The van der Waals surface area contributed by atoms with Crippen molar-refractivity contribution >= 4 is 15.7 Å². The zero-order chi connectivity index (χ0) is 24.9. The molecule has 34 heavy (non-hydrogen) atoms. The summed E-state index contributed by atoms with van der Waals surface area (Å²) in [6, 6.07) is 5.46. The van der Waals surface area contributed by atoms with Crippen molar-refractivity contribution in [3.8, 4) is 11.6 Å². The molecule has 0 saturated carbocycles. The molecule has 3 heterocycles. The highest BCUT2D eigenvalue weighted by Gasteiger charge is 2.51. The van der Waals surface area contributed by atoms with E-state index in [1.54, 1.807) is 6.07 Å². The van der Waals surface area contributed by atoms with Crippen molar-refractivity contribution in [2.24, 2.45) is 0 Å². The summed E-state index contributed by atoms with van der Waals surface area (Å²) in [5, 5.41) is 10.8. The summed E-state index contributed by atoms with van der Waals surface area (Å²) in [4.78, 5) is 10.6. The van der Waals surface area contributed by atoms with Crippen LogP contribution in [-0.2, 0) is 14.6 Å². The molecule has 0 aliphatic carbocycles. The molecule has 9 nitrogen and oxygen atoms in total. The number of anilines is 1. The van der Waals surface area contributed by atoms with Gasteiger partial charge in [0.05, 0.1) is 29.6 Å². The number of benzene rings is 1. The van der Waals surface area contributed by atoms with E-state index in [2.05, 4.69) is 14.9 Å². The highest BCUT2D eigenvalue weighted by molar-refractivity contribution is 7.90. The van der Waals surface area contributed by atoms with Crippen molar-refractivity contribution < 1.29 is 31.9 Å². The summed E-state index contributed by atoms with van der Waals surface area (Å²) in [6.07, 6.45) is 3.38. The molecule has 2 aromatic rings. The van der Waals surface area contributed by atoms with Crippen molar-refractivity contribution in [3.63, 3.8) is 0 Å². The molecule has 2 aliphatic rings. The average molecular weight is 496 g/mol. The quantitative estimate of drug-likeness (QED) is 0.482. The van der Waals surface area contributed by atoms with Crippen LogP contribution in [0, 0.1) is 5.82 Å². The van der Waals surface area contributed by atoms with Gasteiger partial charge in [0.15, 0.2) is 21.4 Å². The van der Waals surface area contributed by atoms with E-state index in [9.17, 15) is 17.9 Å². The summed E-state index contributed by atoms with van der Waals surface area (Å²) >= 11 is 0. The average Bonchev–Trinajstić information content (AvgIpc) is 2.99. The molecule has 1 aromatic carbocycles. The molecule has 2 fully saturated rings. The van der Waals surface area contributed by atoms with Gasteiger partial charge in [-0.05, 0) is 51.8 Å². The molecular formula is C23H32FN4O5S+. The number of fused-ring (bicyclic) bond motifs is 2. The van der Waals surface area contributed by atoms with Crippen LogP contribution in [0.5, 0.6) is 11.6 Å². The molecular weight excluding hydrogens is 463 g/mol. The number of piperazine rings is 1. The van der Waals surface area contributed by atoms with Crippen LogP contribution < -0.4 is 9.64 Å². The predicted octanol–water partition coefficient (Wildman–Crippen LogP) is 2.70. The molecule has 2 saturated heterocycles. The standard InChI is InChI=1S/C23H32FN4O5S/c1-23(2,3)33-22(29)28(4)12-15-6-7-16(13-28)27(15)20-11-21(26-14-25-20)32-19-9-8-17(10-18(19)24)34(5,30)31/h8-11,14-16,22,29H,6-7,12-13H2,1-5H3/q+1. The van der Waals surface area contributed by atoms with Gasteiger partial charge in [-0.25, -0.2) is 22.8 Å². The summed E-state index contributed by atoms with van der Waals surface area (Å²) in [6.45, 7) is 7.15. The Bertz CT molecular complexity index is 1160. The fraction of sp³-hybridized carbons (Fsp3) is 0.565. The van der Waals surface area contributed by atoms with Gasteiger partial charge >= 0.3 is 6.41 Å². The molecule has 186 valence electrons. The third-order valence-corrected chi connectivity index (χ3v) is 7.42. The first-order valence-corrected chi connectivity index (χ1v) is 13.1. The van der Waals surface area contributed by atoms with Gasteiger partial charge in [-0.15, -0.1) is 0 Å². The van der Waals surface area contributed by atoms with Gasteiger partial charge in [-0.3, -0.25) is 9.22 Å². The van der Waals surface area contributed by atoms with Gasteiger partial charge in [0.25, 0.3) is 0 Å². The third-order valence-electron chi connectivity index (χ3n) is 6.31. The SMILES string of the molecule is CC(C)(C)OC(O)[N+]1(C)CC2CCC(C1)N2c1cc(Oc2ccc(S(C)(=O)=O)cc2F)ncn1. The van der Waals surface area contributed by atoms with E-state index < -0.39 is 27.7 Å². The molecule has 11 heteroatoms. The number of sulfone groups is 1. The predicted molar refractivity (Wildman–Crippen MR) is 124 cm³/mol. The Kier molecular flexibility index (Phi) is 6.34. The van der Waals surface area contributed by atoms with Crippen LogP contribution >= 0.6 is 0 Å². The van der Waals surface area contributed by atoms with Crippen LogP contribution in [0.2, 0.25) is 0 Å². The van der Waals surface area contributed by atoms with Gasteiger partial charge in [0.2, 0.25) is 5.88 Å². The highest BCUT2D eigenvalue weighted by atomic mass is 32.2. The molecule has 3 atom stereocenters. The lowest BCUT2D eigenvalue weighted by atomic mass is 10.1. The Balaban J connectivity index is 1.52. The van der Waals surface area contributed by atoms with Crippen molar-refractivity contribution in [2.45, 2.75) is 62.6 Å². The number of aliphatic hydroxyl groups excluding tert-OH is 1. The van der Waals surface area contributed by atoms with Gasteiger partial charge in [0.1, 0.15) is 25.2 Å². The molecule has 1 aromatic heterocycles. The summed E-state index contributed by atoms with van der Waals surface area (Å²) in [7, 11) is -1.51. The van der Waals surface area contributed by atoms with E-state index in [-0.39, 0.29) is 28.6 Å². The molecule has 2 bridgehead atoms. The number of likely N-dealkylation sites (N-methyl/N-ethyl adjacent to an activating group) is 1. The fourth-order valence-electron chi connectivity index (χ4n) is 4.79. The number of likely N-dealkylation sites (tertiary alicyclic amines) is 1. The molecule has 1 N–H and O–H groups in total. The number of hydrogen-bond acceptors (Lipinski definition) is 8. The minimum absolute atomic E-state index is 0.120. The Labute approximate surface area is 199 Å². The maximum atomic E-state index is 14.5. The van der Waals surface area contributed by atoms with Crippen molar-refractivity contribution in [1.29, 1.82) is 0 Å². The maximum absolute atomic E-state index is 14.5. The first-order valence-electron chi connectivity index (χ1n) is 11.2. The second-order valence-corrected chi connectivity index (χ2v) is 12.4. The fourth-order valence-corrected chi connectivity index (χ4v) is 5.42. The number of halogens is 1. The van der Waals surface area contributed by atoms with Crippen LogP contribution in [0.4, 0.5) is 10.2 Å². The number of nitrogens with zero attached hydrogens (tertiary/aromatic N) is 4. The first kappa shape index (κ1) is 24.8. The van der Waals surface area contributed by atoms with Gasteiger partial charge < -0.3 is 14.7 Å². The van der Waals surface area contributed by atoms with Crippen LogP contribution in [0.15, 0.2) is 35.5 Å². The van der Waals surface area contributed by atoms with Crippen LogP contribution in [0.1, 0.15) is 33.6 Å². The Hall–Kier alpha value is -2.34. The lowest BCUT2D eigenvalue weighted by Crippen LogP contribution is -2.67. The lowest BCUT2D eigenvalue weighted by molar-refractivity contribution is -0.983. The van der Waals surface area contributed by atoms with E-state index in [4.69, 9.17) is 9.47 Å². The molecule has 4 rings (SSSR count). The van der Waals surface area contributed by atoms with Gasteiger partial charge in [-0.1, -0.05) is 0 Å². The zero-order valence-electron chi connectivity index (χ0n) is 20.1. The van der Waals surface area contributed by atoms with E-state index >= 15 is 0 Å². The topological polar surface area (TPSA) is 102 Å². The lowest BCUT2D eigenvalue weighted by Gasteiger charge is -2.49. The molecule has 0 amide bonds. The van der Waals surface area contributed by atoms with Gasteiger partial charge in [-0.2, -0.15) is 0 Å². The second kappa shape index (κ2) is 8.71. The largest absolute Gasteiger partial charge is 0.436 e. The summed E-state index contributed by atoms with van der Waals surface area (Å²) < 4.78 is 49.6. The number of hydrogen-bond donors (Lipinski definition) is 1. The van der Waals surface area contributed by atoms with E-state index in [1.807, 2.05) is 27.8 Å². The number of quaternary nitrogens is 1. The summed E-state index contributed by atoms with van der Waals surface area (Å²) in [5.41, 5.74) is -0.454. The number of rotatable bonds is 6. The molecule has 3 unspecified atom stereocenters. The van der Waals surface area contributed by atoms with Crippen LogP contribution in [-0.4, -0.2) is 78.5 Å². The zero-order valence-corrected chi connectivity index (χ0v) is 20.9. The van der Waals surface area contributed by atoms with E-state index in [0.29, 0.717) is 23.4 Å². The smallest absolute Gasteiger partial charge is 0.306 e. The number of aromatic nitrogens is 2. The Morgan fingerprint density at radius 2 is 1.82 bits per heavy atom. The minimum Gasteiger partial charge on any atom is -0.436 e. The second-order valence-electron chi connectivity index (χ2n) is 10.4. The molecule has 2 aliphatic heterocycles. The minimum atomic E-state index is -3.52. The van der Waals surface area contributed by atoms with E-state index in [0.717, 1.165) is 25.2 Å². The van der Waals surface area contributed by atoms with Gasteiger partial charge in [0, 0.05) is 12.3 Å². The normalized spacial score (nSPS) is 25.9. The molecule has 0 radical (unpaired) electrons. The number of ether oxygens (including phenoxy) is 2. The Morgan fingerprint density at radius 3 is 2.38 bits per heavy atom. The summed E-state index contributed by atoms with van der Waals surface area (Å²) in [5.74, 6) is -0.0788. The first-order chi connectivity index (χ1) is 15.7. The third kappa shape index (κ3) is 5.17. The van der Waals surface area contributed by atoms with Crippen LogP contribution in [0.3, 0.4) is 0 Å². The van der Waals surface area contributed by atoms with Crippen molar-refractivity contribution in [1.82, 2.24) is 9.97 Å². The van der Waals surface area contributed by atoms with Crippen LogP contribution in [0.25, 0.3) is 0 Å². The van der Waals surface area contributed by atoms with Crippen molar-refractivity contribution in [3.05, 3.63) is 36.4 Å². The van der Waals surface area contributed by atoms with Crippen molar-refractivity contribution in [2.75, 3.05) is 31.3 Å². The highest BCUT2D eigenvalue weighted by Crippen LogP contribution is 2.38. The number of aliphatic hydroxyl groups is 1. The molecule has 0 spiro atoms. The van der Waals surface area contributed by atoms with E-state index in [1.165, 1.54) is 18.5 Å².